The molecule has 1 saturated heterocycles. The average Bonchev–Trinajstić information content (AvgIpc) is 3.13. The van der Waals surface area contributed by atoms with Crippen LogP contribution in [-0.2, 0) is 7.05 Å². The fraction of sp³-hybridized carbons (Fsp3) is 0.562. The van der Waals surface area contributed by atoms with Gasteiger partial charge in [0, 0.05) is 26.2 Å². The molecule has 2 aromatic rings. The number of fused-ring (bicyclic) bond motifs is 1. The van der Waals surface area contributed by atoms with E-state index < -0.39 is 0 Å². The Kier molecular flexibility index (Phi) is 2.91. The third-order valence-corrected chi connectivity index (χ3v) is 4.72. The minimum absolute atomic E-state index is 0.774. The highest BCUT2D eigenvalue weighted by atomic mass is 15.2. The van der Waals surface area contributed by atoms with Crippen LogP contribution >= 0.6 is 0 Å². The van der Waals surface area contributed by atoms with Crippen LogP contribution in [0.5, 0.6) is 0 Å². The zero-order valence-electron chi connectivity index (χ0n) is 12.0. The minimum atomic E-state index is 0.774. The number of benzene rings is 1. The normalized spacial score (nSPS) is 23.6. The van der Waals surface area contributed by atoms with Gasteiger partial charge in [-0.1, -0.05) is 12.1 Å². The van der Waals surface area contributed by atoms with Gasteiger partial charge in [0.25, 0.3) is 0 Å². The van der Waals surface area contributed by atoms with Crippen molar-refractivity contribution < 1.29 is 0 Å². The molecule has 1 saturated carbocycles. The second-order valence-electron chi connectivity index (χ2n) is 6.24. The van der Waals surface area contributed by atoms with Gasteiger partial charge in [0.05, 0.1) is 11.0 Å². The van der Waals surface area contributed by atoms with Gasteiger partial charge in [0.1, 0.15) is 0 Å². The van der Waals surface area contributed by atoms with E-state index in [4.69, 9.17) is 0 Å². The van der Waals surface area contributed by atoms with Crippen LogP contribution in [0.1, 0.15) is 19.3 Å². The average molecular weight is 270 g/mol. The first-order valence-corrected chi connectivity index (χ1v) is 7.70. The van der Waals surface area contributed by atoms with E-state index in [2.05, 4.69) is 45.0 Å². The van der Waals surface area contributed by atoms with Crippen LogP contribution in [0.15, 0.2) is 24.3 Å². The molecule has 106 valence electrons. The number of imidazole rings is 1. The van der Waals surface area contributed by atoms with E-state index in [1.165, 1.54) is 37.9 Å². The molecule has 0 amide bonds. The van der Waals surface area contributed by atoms with Gasteiger partial charge in [0.15, 0.2) is 0 Å². The number of nitrogens with one attached hydrogen (secondary N) is 1. The maximum absolute atomic E-state index is 4.68. The number of likely N-dealkylation sites (tertiary alicyclic amines) is 1. The summed E-state index contributed by atoms with van der Waals surface area (Å²) in [6, 6.07) is 9.22. The summed E-state index contributed by atoms with van der Waals surface area (Å²) in [5, 5.41) is 3.55. The van der Waals surface area contributed by atoms with Crippen LogP contribution in [0.25, 0.3) is 11.0 Å². The Labute approximate surface area is 119 Å². The van der Waals surface area contributed by atoms with Gasteiger partial charge in [-0.2, -0.15) is 0 Å². The smallest absolute Gasteiger partial charge is 0.203 e. The Balaban J connectivity index is 1.42. The van der Waals surface area contributed by atoms with E-state index in [0.717, 1.165) is 30.0 Å². The molecule has 1 aliphatic heterocycles. The highest BCUT2D eigenvalue weighted by Gasteiger charge is 2.34. The molecule has 1 unspecified atom stereocenters. The third kappa shape index (κ3) is 2.18. The summed E-state index contributed by atoms with van der Waals surface area (Å²) in [6.07, 6.45) is 4.17. The fourth-order valence-electron chi connectivity index (χ4n) is 3.34. The number of para-hydroxylation sites is 2. The number of hydrogen-bond acceptors (Lipinski definition) is 3. The minimum Gasteiger partial charge on any atom is -0.355 e. The second-order valence-corrected chi connectivity index (χ2v) is 6.24. The molecule has 1 aliphatic carbocycles. The SMILES string of the molecule is Cn1c(NCC2CCN(C3CC3)C2)nc2ccccc21. The first-order valence-electron chi connectivity index (χ1n) is 7.70. The molecule has 4 heteroatoms. The molecule has 1 N–H and O–H groups in total. The second kappa shape index (κ2) is 4.77. The van der Waals surface area contributed by atoms with Crippen molar-refractivity contribution in [1.82, 2.24) is 14.5 Å². The Morgan fingerprint density at radius 3 is 2.90 bits per heavy atom. The van der Waals surface area contributed by atoms with Crippen LogP contribution in [0, 0.1) is 5.92 Å². The zero-order valence-corrected chi connectivity index (χ0v) is 12.0. The van der Waals surface area contributed by atoms with Gasteiger partial charge in [-0.25, -0.2) is 4.98 Å². The van der Waals surface area contributed by atoms with E-state index in [0.29, 0.717) is 0 Å². The number of anilines is 1. The third-order valence-electron chi connectivity index (χ3n) is 4.72. The van der Waals surface area contributed by atoms with E-state index in [-0.39, 0.29) is 0 Å². The summed E-state index contributed by atoms with van der Waals surface area (Å²) in [5.41, 5.74) is 2.27. The molecule has 4 nitrogen and oxygen atoms in total. The Morgan fingerprint density at radius 1 is 1.25 bits per heavy atom. The molecule has 1 aromatic heterocycles. The fourth-order valence-corrected chi connectivity index (χ4v) is 3.34. The maximum Gasteiger partial charge on any atom is 0.203 e. The summed E-state index contributed by atoms with van der Waals surface area (Å²) in [7, 11) is 2.09. The predicted octanol–water partition coefficient (Wildman–Crippen LogP) is 2.47. The van der Waals surface area contributed by atoms with Crippen LogP contribution in [0.2, 0.25) is 0 Å². The summed E-state index contributed by atoms with van der Waals surface area (Å²) >= 11 is 0. The molecular weight excluding hydrogens is 248 g/mol. The van der Waals surface area contributed by atoms with Crippen molar-refractivity contribution in [3.05, 3.63) is 24.3 Å². The van der Waals surface area contributed by atoms with Crippen molar-refractivity contribution in [1.29, 1.82) is 0 Å². The monoisotopic (exact) mass is 270 g/mol. The van der Waals surface area contributed by atoms with Crippen LogP contribution < -0.4 is 5.32 Å². The number of rotatable bonds is 4. The molecule has 2 heterocycles. The molecule has 4 rings (SSSR count). The van der Waals surface area contributed by atoms with Gasteiger partial charge >= 0.3 is 0 Å². The topological polar surface area (TPSA) is 33.1 Å². The summed E-state index contributed by atoms with van der Waals surface area (Å²) in [6.45, 7) is 3.60. The van der Waals surface area contributed by atoms with Crippen LogP contribution in [-0.4, -0.2) is 40.1 Å². The molecule has 2 aliphatic rings. The molecule has 1 aromatic carbocycles. The van der Waals surface area contributed by atoms with Crippen molar-refractivity contribution in [3.8, 4) is 0 Å². The highest BCUT2D eigenvalue weighted by Crippen LogP contribution is 2.31. The van der Waals surface area contributed by atoms with Gasteiger partial charge in [-0.05, 0) is 43.9 Å². The lowest BCUT2D eigenvalue weighted by atomic mass is 10.1. The number of nitrogens with zero attached hydrogens (tertiary/aromatic N) is 3. The molecule has 0 bridgehead atoms. The van der Waals surface area contributed by atoms with Crippen LogP contribution in [0.4, 0.5) is 5.95 Å². The molecule has 2 fully saturated rings. The summed E-state index contributed by atoms with van der Waals surface area (Å²) < 4.78 is 2.16. The van der Waals surface area contributed by atoms with Crippen molar-refractivity contribution in [2.75, 3.05) is 25.0 Å². The van der Waals surface area contributed by atoms with Crippen molar-refractivity contribution in [3.63, 3.8) is 0 Å². The van der Waals surface area contributed by atoms with Gasteiger partial charge in [-0.3, -0.25) is 0 Å². The van der Waals surface area contributed by atoms with Crippen molar-refractivity contribution in [2.45, 2.75) is 25.3 Å². The van der Waals surface area contributed by atoms with Gasteiger partial charge in [0.2, 0.25) is 5.95 Å². The molecular formula is C16H22N4. The molecule has 0 radical (unpaired) electrons. The van der Waals surface area contributed by atoms with Crippen molar-refractivity contribution >= 4 is 17.0 Å². The number of hydrogen-bond donors (Lipinski definition) is 1. The molecule has 20 heavy (non-hydrogen) atoms. The van der Waals surface area contributed by atoms with Gasteiger partial charge < -0.3 is 14.8 Å². The van der Waals surface area contributed by atoms with Crippen molar-refractivity contribution in [2.24, 2.45) is 13.0 Å². The Bertz CT molecular complexity index is 614. The first-order chi connectivity index (χ1) is 9.81. The zero-order chi connectivity index (χ0) is 13.5. The molecule has 1 atom stereocenters. The molecule has 0 spiro atoms. The standard InChI is InChI=1S/C16H22N4/c1-19-15-5-3-2-4-14(15)18-16(19)17-10-12-8-9-20(11-12)13-6-7-13/h2-5,12-13H,6-11H2,1H3,(H,17,18). The largest absolute Gasteiger partial charge is 0.355 e. The van der Waals surface area contributed by atoms with E-state index in [1.54, 1.807) is 0 Å². The summed E-state index contributed by atoms with van der Waals surface area (Å²) in [4.78, 5) is 7.35. The quantitative estimate of drug-likeness (QED) is 0.926. The number of aromatic nitrogens is 2. The van der Waals surface area contributed by atoms with Crippen LogP contribution in [0.3, 0.4) is 0 Å². The summed E-state index contributed by atoms with van der Waals surface area (Å²) in [5.74, 6) is 1.77. The lowest BCUT2D eigenvalue weighted by molar-refractivity contribution is 0.316. The van der Waals surface area contributed by atoms with E-state index in [1.807, 2.05) is 6.07 Å². The van der Waals surface area contributed by atoms with E-state index in [9.17, 15) is 0 Å². The first kappa shape index (κ1) is 12.2. The maximum atomic E-state index is 4.68. The van der Waals surface area contributed by atoms with Gasteiger partial charge in [-0.15, -0.1) is 0 Å². The lowest BCUT2D eigenvalue weighted by Gasteiger charge is -2.15. The highest BCUT2D eigenvalue weighted by molar-refractivity contribution is 5.78. The Hall–Kier alpha value is -1.55. The number of aryl methyl sites for hydroxylation is 1. The van der Waals surface area contributed by atoms with E-state index >= 15 is 0 Å². The lowest BCUT2D eigenvalue weighted by Crippen LogP contribution is -2.25. The predicted molar refractivity (Wildman–Crippen MR) is 81.9 cm³/mol. The Morgan fingerprint density at radius 2 is 2.10 bits per heavy atom.